The van der Waals surface area contributed by atoms with E-state index in [1.54, 1.807) is 24.4 Å². The molecule has 0 radical (unpaired) electrons. The molecule has 23 heavy (non-hydrogen) atoms. The smallest absolute Gasteiger partial charge is 0.225 e. The van der Waals surface area contributed by atoms with Crippen molar-refractivity contribution in [1.29, 1.82) is 0 Å². The Morgan fingerprint density at radius 1 is 1.13 bits per heavy atom. The number of hydrogen-bond donors (Lipinski definition) is 3. The molecule has 0 bridgehead atoms. The van der Waals surface area contributed by atoms with Gasteiger partial charge in [0.15, 0.2) is 5.65 Å². The Balaban J connectivity index is 1.60. The fourth-order valence-corrected chi connectivity index (χ4v) is 2.90. The summed E-state index contributed by atoms with van der Waals surface area (Å²) in [5.74, 6) is 1.13. The molecule has 3 aromatic rings. The zero-order valence-electron chi connectivity index (χ0n) is 12.1. The minimum Gasteiger partial charge on any atom is -0.351 e. The number of para-hydroxylation sites is 1. The molecule has 2 aromatic heterocycles. The predicted octanol–water partition coefficient (Wildman–Crippen LogP) is 4.37. The van der Waals surface area contributed by atoms with E-state index < -0.39 is 0 Å². The van der Waals surface area contributed by atoms with Gasteiger partial charge in [-0.15, -0.1) is 0 Å². The summed E-state index contributed by atoms with van der Waals surface area (Å²) in [7, 11) is 0. The maximum absolute atomic E-state index is 6.16. The van der Waals surface area contributed by atoms with E-state index in [0.717, 1.165) is 5.52 Å². The van der Waals surface area contributed by atoms with Crippen LogP contribution in [0.2, 0.25) is 10.0 Å². The van der Waals surface area contributed by atoms with E-state index in [9.17, 15) is 0 Å². The molecule has 0 amide bonds. The van der Waals surface area contributed by atoms with Crippen molar-refractivity contribution in [2.75, 3.05) is 10.6 Å². The molecule has 0 atom stereocenters. The number of benzene rings is 1. The van der Waals surface area contributed by atoms with Gasteiger partial charge in [0.25, 0.3) is 0 Å². The van der Waals surface area contributed by atoms with Crippen molar-refractivity contribution in [3.8, 4) is 0 Å². The molecule has 1 aliphatic carbocycles. The van der Waals surface area contributed by atoms with Crippen molar-refractivity contribution >= 4 is 51.9 Å². The summed E-state index contributed by atoms with van der Waals surface area (Å²) >= 11 is 12.3. The van der Waals surface area contributed by atoms with Gasteiger partial charge in [-0.2, -0.15) is 9.97 Å². The van der Waals surface area contributed by atoms with E-state index in [-0.39, 0.29) is 0 Å². The molecular formula is C15H14Cl2N6. The highest BCUT2D eigenvalue weighted by Crippen LogP contribution is 2.32. The minimum atomic E-state index is 0.478. The number of H-pyrrole nitrogens is 1. The topological polar surface area (TPSA) is 78.5 Å². The highest BCUT2D eigenvalue weighted by atomic mass is 35.5. The van der Waals surface area contributed by atoms with Crippen LogP contribution in [-0.2, 0) is 0 Å². The van der Waals surface area contributed by atoms with Crippen LogP contribution in [0, 0.1) is 0 Å². The van der Waals surface area contributed by atoms with Gasteiger partial charge in [-0.3, -0.25) is 0 Å². The Morgan fingerprint density at radius 2 is 1.91 bits per heavy atom. The first kappa shape index (κ1) is 14.5. The molecule has 1 saturated carbocycles. The first-order valence-electron chi connectivity index (χ1n) is 7.39. The lowest BCUT2D eigenvalue weighted by molar-refractivity contribution is 0.443. The number of aromatic amines is 1. The van der Waals surface area contributed by atoms with Crippen LogP contribution in [0.3, 0.4) is 0 Å². The average Bonchev–Trinajstić information content (AvgIpc) is 2.89. The Morgan fingerprint density at radius 3 is 2.61 bits per heavy atom. The molecule has 0 unspecified atom stereocenters. The van der Waals surface area contributed by atoms with E-state index in [1.807, 2.05) is 0 Å². The van der Waals surface area contributed by atoms with Gasteiger partial charge in [-0.05, 0) is 31.4 Å². The molecule has 2 heterocycles. The van der Waals surface area contributed by atoms with Gasteiger partial charge >= 0.3 is 0 Å². The van der Waals surface area contributed by atoms with Crippen LogP contribution in [0.4, 0.5) is 17.6 Å². The van der Waals surface area contributed by atoms with Gasteiger partial charge in [-0.1, -0.05) is 29.3 Å². The summed E-state index contributed by atoms with van der Waals surface area (Å²) in [6.07, 6.45) is 5.31. The number of halogens is 2. The summed E-state index contributed by atoms with van der Waals surface area (Å²) in [5.41, 5.74) is 1.94. The molecule has 4 rings (SSSR count). The molecule has 0 saturated heterocycles. The SMILES string of the molecule is Clc1cccc(Cl)c1Nc1nc2nc(NC3CCC3)ncc2[nH]1. The van der Waals surface area contributed by atoms with Gasteiger partial charge in [0, 0.05) is 6.04 Å². The average molecular weight is 349 g/mol. The van der Waals surface area contributed by atoms with Crippen molar-refractivity contribution in [3.63, 3.8) is 0 Å². The van der Waals surface area contributed by atoms with Gasteiger partial charge < -0.3 is 15.6 Å². The van der Waals surface area contributed by atoms with Gasteiger partial charge in [0.05, 0.1) is 21.9 Å². The Hall–Kier alpha value is -2.05. The van der Waals surface area contributed by atoms with Crippen molar-refractivity contribution < 1.29 is 0 Å². The summed E-state index contributed by atoms with van der Waals surface area (Å²) in [4.78, 5) is 16.3. The molecule has 0 spiro atoms. The van der Waals surface area contributed by atoms with Crippen molar-refractivity contribution in [2.45, 2.75) is 25.3 Å². The highest BCUT2D eigenvalue weighted by molar-refractivity contribution is 6.39. The lowest BCUT2D eigenvalue weighted by Crippen LogP contribution is -2.27. The fraction of sp³-hybridized carbons (Fsp3) is 0.267. The van der Waals surface area contributed by atoms with Crippen molar-refractivity contribution in [2.24, 2.45) is 0 Å². The fourth-order valence-electron chi connectivity index (χ4n) is 2.41. The number of anilines is 3. The van der Waals surface area contributed by atoms with E-state index in [2.05, 4.69) is 30.6 Å². The number of nitrogens with one attached hydrogen (secondary N) is 3. The molecule has 3 N–H and O–H groups in total. The lowest BCUT2D eigenvalue weighted by Gasteiger charge is -2.26. The van der Waals surface area contributed by atoms with Crippen LogP contribution in [0.1, 0.15) is 19.3 Å². The van der Waals surface area contributed by atoms with Crippen LogP contribution in [-0.4, -0.2) is 26.0 Å². The van der Waals surface area contributed by atoms with Crippen molar-refractivity contribution in [1.82, 2.24) is 19.9 Å². The number of rotatable bonds is 4. The molecule has 1 aromatic carbocycles. The maximum atomic E-state index is 6.16. The molecule has 118 valence electrons. The van der Waals surface area contributed by atoms with Crippen LogP contribution in [0.5, 0.6) is 0 Å². The largest absolute Gasteiger partial charge is 0.351 e. The number of fused-ring (bicyclic) bond motifs is 1. The third kappa shape index (κ3) is 2.92. The molecule has 1 fully saturated rings. The second-order valence-electron chi connectivity index (χ2n) is 5.51. The third-order valence-corrected chi connectivity index (χ3v) is 4.51. The Labute approximate surface area is 142 Å². The van der Waals surface area contributed by atoms with Crippen LogP contribution in [0.15, 0.2) is 24.4 Å². The normalized spacial score (nSPS) is 14.7. The van der Waals surface area contributed by atoms with E-state index in [4.69, 9.17) is 23.2 Å². The molecular weight excluding hydrogens is 335 g/mol. The zero-order chi connectivity index (χ0) is 15.8. The molecule has 0 aliphatic heterocycles. The Bertz CT molecular complexity index is 838. The van der Waals surface area contributed by atoms with E-state index >= 15 is 0 Å². The summed E-state index contributed by atoms with van der Waals surface area (Å²) < 4.78 is 0. The summed E-state index contributed by atoms with van der Waals surface area (Å²) in [6, 6.07) is 5.79. The monoisotopic (exact) mass is 348 g/mol. The van der Waals surface area contributed by atoms with Crippen LogP contribution in [0.25, 0.3) is 11.2 Å². The van der Waals surface area contributed by atoms with Gasteiger partial charge in [0.2, 0.25) is 11.9 Å². The van der Waals surface area contributed by atoms with Crippen LogP contribution < -0.4 is 10.6 Å². The number of aromatic nitrogens is 4. The first-order chi connectivity index (χ1) is 11.2. The number of nitrogens with zero attached hydrogens (tertiary/aromatic N) is 3. The molecule has 1 aliphatic rings. The van der Waals surface area contributed by atoms with Gasteiger partial charge in [-0.25, -0.2) is 4.98 Å². The van der Waals surface area contributed by atoms with Crippen molar-refractivity contribution in [3.05, 3.63) is 34.4 Å². The summed E-state index contributed by atoms with van der Waals surface area (Å²) in [6.45, 7) is 0. The first-order valence-corrected chi connectivity index (χ1v) is 8.15. The number of imidazole rings is 1. The van der Waals surface area contributed by atoms with Crippen LogP contribution >= 0.6 is 23.2 Å². The van der Waals surface area contributed by atoms with E-state index in [0.29, 0.717) is 39.3 Å². The van der Waals surface area contributed by atoms with Gasteiger partial charge in [0.1, 0.15) is 5.52 Å². The standard InChI is InChI=1S/C15H14Cl2N6/c16-9-5-2-6-10(17)12(9)21-15-20-11-7-18-14(22-13(11)23-15)19-8-3-1-4-8/h2,5-8H,1,3-4H2,(H3,18,19,20,21,22,23). The minimum absolute atomic E-state index is 0.478. The quantitative estimate of drug-likeness (QED) is 0.652. The number of hydrogen-bond acceptors (Lipinski definition) is 5. The second-order valence-corrected chi connectivity index (χ2v) is 6.32. The molecule has 8 heteroatoms. The second kappa shape index (κ2) is 5.86. The third-order valence-electron chi connectivity index (χ3n) is 3.88. The van der Waals surface area contributed by atoms with E-state index in [1.165, 1.54) is 19.3 Å². The predicted molar refractivity (Wildman–Crippen MR) is 92.7 cm³/mol. The highest BCUT2D eigenvalue weighted by Gasteiger charge is 2.18. The maximum Gasteiger partial charge on any atom is 0.225 e. The lowest BCUT2D eigenvalue weighted by atomic mass is 9.93. The molecule has 6 nitrogen and oxygen atoms in total. The zero-order valence-corrected chi connectivity index (χ0v) is 13.6. The summed E-state index contributed by atoms with van der Waals surface area (Å²) in [5, 5.41) is 7.45. The Kier molecular flexibility index (Phi) is 3.71.